The summed E-state index contributed by atoms with van der Waals surface area (Å²) in [6.45, 7) is 2.87. The Labute approximate surface area is 106 Å². The smallest absolute Gasteiger partial charge is 0.181 e. The van der Waals surface area contributed by atoms with E-state index < -0.39 is 0 Å². The Bertz CT molecular complexity index is 539. The molecule has 2 aromatic heterocycles. The highest BCUT2D eigenvalue weighted by Gasteiger charge is 2.22. The van der Waals surface area contributed by atoms with Crippen LogP contribution in [0.2, 0.25) is 0 Å². The molecule has 0 radical (unpaired) electrons. The first-order chi connectivity index (χ1) is 8.78. The number of aryl methyl sites for hydroxylation is 2. The molecule has 0 bridgehead atoms. The molecule has 5 heteroatoms. The number of nitrogens with one attached hydrogen (secondary N) is 1. The molecule has 2 aromatic rings. The monoisotopic (exact) mass is 246 g/mol. The highest BCUT2D eigenvalue weighted by Crippen LogP contribution is 2.25. The first-order valence-electron chi connectivity index (χ1n) is 6.47. The molecule has 0 amide bonds. The van der Waals surface area contributed by atoms with Gasteiger partial charge in [0, 0.05) is 19.6 Å². The van der Waals surface area contributed by atoms with Crippen LogP contribution in [0.5, 0.6) is 0 Å². The average molecular weight is 246 g/mol. The molecule has 1 aliphatic rings. The topological polar surface area (TPSA) is 55.9 Å². The molecule has 2 heterocycles. The van der Waals surface area contributed by atoms with E-state index in [1.165, 1.54) is 19.2 Å². The minimum Gasteiger partial charge on any atom is -0.442 e. The Morgan fingerprint density at radius 2 is 2.33 bits per heavy atom. The van der Waals surface area contributed by atoms with E-state index in [0.29, 0.717) is 6.04 Å². The molecule has 0 saturated heterocycles. The van der Waals surface area contributed by atoms with E-state index in [4.69, 9.17) is 4.42 Å². The van der Waals surface area contributed by atoms with E-state index in [1.54, 1.807) is 0 Å². The van der Waals surface area contributed by atoms with E-state index in [0.717, 1.165) is 35.8 Å². The highest BCUT2D eigenvalue weighted by atomic mass is 16.3. The quantitative estimate of drug-likeness (QED) is 0.875. The Balaban J connectivity index is 1.85. The molecule has 0 aliphatic heterocycles. The van der Waals surface area contributed by atoms with Gasteiger partial charge in [0.2, 0.25) is 0 Å². The first kappa shape index (κ1) is 11.5. The molecule has 0 aromatic carbocycles. The van der Waals surface area contributed by atoms with Crippen LogP contribution in [0, 0.1) is 0 Å². The maximum absolute atomic E-state index is 5.53. The second-order valence-electron chi connectivity index (χ2n) is 4.78. The van der Waals surface area contributed by atoms with E-state index >= 15 is 0 Å². The average Bonchev–Trinajstić information content (AvgIpc) is 2.96. The number of hydrogen-bond acceptors (Lipinski definition) is 4. The Morgan fingerprint density at radius 3 is 3.00 bits per heavy atom. The van der Waals surface area contributed by atoms with E-state index in [2.05, 4.69) is 28.4 Å². The van der Waals surface area contributed by atoms with Crippen molar-refractivity contribution in [1.82, 2.24) is 20.1 Å². The van der Waals surface area contributed by atoms with Crippen LogP contribution in [0.25, 0.3) is 11.5 Å². The molecule has 0 spiro atoms. The van der Waals surface area contributed by atoms with Gasteiger partial charge in [-0.1, -0.05) is 6.92 Å². The van der Waals surface area contributed by atoms with E-state index in [-0.39, 0.29) is 0 Å². The van der Waals surface area contributed by atoms with Gasteiger partial charge in [0.25, 0.3) is 0 Å². The van der Waals surface area contributed by atoms with Crippen molar-refractivity contribution in [3.8, 4) is 11.5 Å². The third kappa shape index (κ3) is 2.18. The predicted molar refractivity (Wildman–Crippen MR) is 67.9 cm³/mol. The predicted octanol–water partition coefficient (Wildman–Crippen LogP) is 1.89. The van der Waals surface area contributed by atoms with Crippen molar-refractivity contribution in [1.29, 1.82) is 0 Å². The van der Waals surface area contributed by atoms with Gasteiger partial charge in [0.05, 0.1) is 5.69 Å². The molecular formula is C13H18N4O. The number of hydrogen-bond donors (Lipinski definition) is 1. The molecule has 5 nitrogen and oxygen atoms in total. The largest absolute Gasteiger partial charge is 0.442 e. The van der Waals surface area contributed by atoms with Crippen molar-refractivity contribution < 1.29 is 4.42 Å². The number of nitrogens with zero attached hydrogens (tertiary/aromatic N) is 3. The summed E-state index contributed by atoms with van der Waals surface area (Å²) < 4.78 is 7.39. The summed E-state index contributed by atoms with van der Waals surface area (Å²) in [4.78, 5) is 4.30. The Kier molecular flexibility index (Phi) is 2.91. The third-order valence-electron chi connectivity index (χ3n) is 3.30. The SMILES string of the molecule is CCc1cc(-c2ocnc2CNC2CC2)n(C)n1. The second-order valence-corrected chi connectivity index (χ2v) is 4.78. The first-order valence-corrected chi connectivity index (χ1v) is 6.47. The minimum absolute atomic E-state index is 0.673. The lowest BCUT2D eigenvalue weighted by atomic mass is 10.2. The molecular weight excluding hydrogens is 228 g/mol. The summed E-state index contributed by atoms with van der Waals surface area (Å²) in [5.41, 5.74) is 3.04. The van der Waals surface area contributed by atoms with Crippen molar-refractivity contribution in [2.45, 2.75) is 38.8 Å². The van der Waals surface area contributed by atoms with Crippen molar-refractivity contribution in [3.05, 3.63) is 23.8 Å². The fraction of sp³-hybridized carbons (Fsp3) is 0.538. The van der Waals surface area contributed by atoms with Gasteiger partial charge < -0.3 is 9.73 Å². The lowest BCUT2D eigenvalue weighted by molar-refractivity contribution is 0.561. The lowest BCUT2D eigenvalue weighted by Crippen LogP contribution is -2.16. The van der Waals surface area contributed by atoms with Crippen molar-refractivity contribution in [3.63, 3.8) is 0 Å². The molecule has 96 valence electrons. The Morgan fingerprint density at radius 1 is 1.50 bits per heavy atom. The van der Waals surface area contributed by atoms with Crippen LogP contribution in [-0.2, 0) is 20.0 Å². The standard InChI is InChI=1S/C13H18N4O/c1-3-9-6-12(17(2)16-9)13-11(15-8-18-13)7-14-10-4-5-10/h6,8,10,14H,3-5,7H2,1-2H3. The van der Waals surface area contributed by atoms with Gasteiger partial charge in [-0.05, 0) is 25.3 Å². The van der Waals surface area contributed by atoms with Crippen LogP contribution in [0.1, 0.15) is 31.2 Å². The van der Waals surface area contributed by atoms with Gasteiger partial charge in [0.15, 0.2) is 12.2 Å². The zero-order valence-corrected chi connectivity index (χ0v) is 10.8. The minimum atomic E-state index is 0.673. The zero-order chi connectivity index (χ0) is 12.5. The van der Waals surface area contributed by atoms with Gasteiger partial charge >= 0.3 is 0 Å². The third-order valence-corrected chi connectivity index (χ3v) is 3.30. The van der Waals surface area contributed by atoms with Crippen LogP contribution in [-0.4, -0.2) is 20.8 Å². The summed E-state index contributed by atoms with van der Waals surface area (Å²) in [6, 6.07) is 2.74. The number of aromatic nitrogens is 3. The van der Waals surface area contributed by atoms with Crippen LogP contribution in [0.4, 0.5) is 0 Å². The van der Waals surface area contributed by atoms with Crippen LogP contribution >= 0.6 is 0 Å². The summed E-state index contributed by atoms with van der Waals surface area (Å²) >= 11 is 0. The van der Waals surface area contributed by atoms with Crippen LogP contribution in [0.15, 0.2) is 16.9 Å². The fourth-order valence-corrected chi connectivity index (χ4v) is 2.04. The summed E-state index contributed by atoms with van der Waals surface area (Å²) in [6.07, 6.45) is 4.99. The van der Waals surface area contributed by atoms with Crippen LogP contribution < -0.4 is 5.32 Å². The fourth-order valence-electron chi connectivity index (χ4n) is 2.04. The molecule has 0 atom stereocenters. The van der Waals surface area contributed by atoms with Gasteiger partial charge in [-0.2, -0.15) is 5.10 Å². The van der Waals surface area contributed by atoms with E-state index in [9.17, 15) is 0 Å². The molecule has 1 N–H and O–H groups in total. The maximum atomic E-state index is 5.53. The zero-order valence-electron chi connectivity index (χ0n) is 10.8. The summed E-state index contributed by atoms with van der Waals surface area (Å²) in [5.74, 6) is 0.831. The van der Waals surface area contributed by atoms with Crippen molar-refractivity contribution >= 4 is 0 Å². The second kappa shape index (κ2) is 4.57. The van der Waals surface area contributed by atoms with Gasteiger partial charge in [0.1, 0.15) is 11.4 Å². The molecule has 1 saturated carbocycles. The maximum Gasteiger partial charge on any atom is 0.181 e. The van der Waals surface area contributed by atoms with Crippen molar-refractivity contribution in [2.75, 3.05) is 0 Å². The molecule has 1 fully saturated rings. The van der Waals surface area contributed by atoms with Gasteiger partial charge in [-0.3, -0.25) is 4.68 Å². The summed E-state index contributed by atoms with van der Waals surface area (Å²) in [5, 5.41) is 7.90. The highest BCUT2D eigenvalue weighted by molar-refractivity contribution is 5.55. The van der Waals surface area contributed by atoms with Gasteiger partial charge in [-0.15, -0.1) is 0 Å². The van der Waals surface area contributed by atoms with Gasteiger partial charge in [-0.25, -0.2) is 4.98 Å². The lowest BCUT2D eigenvalue weighted by Gasteiger charge is -2.02. The normalized spacial score (nSPS) is 15.2. The number of rotatable bonds is 5. The summed E-state index contributed by atoms with van der Waals surface area (Å²) in [7, 11) is 1.94. The van der Waals surface area contributed by atoms with Crippen molar-refractivity contribution in [2.24, 2.45) is 7.05 Å². The molecule has 1 aliphatic carbocycles. The Hall–Kier alpha value is -1.62. The molecule has 3 rings (SSSR count). The van der Waals surface area contributed by atoms with E-state index in [1.807, 2.05) is 11.7 Å². The molecule has 18 heavy (non-hydrogen) atoms. The number of oxazole rings is 1. The molecule has 0 unspecified atom stereocenters. The van der Waals surface area contributed by atoms with Crippen LogP contribution in [0.3, 0.4) is 0 Å².